The van der Waals surface area contributed by atoms with Crippen LogP contribution < -0.4 is 20.7 Å². The molecule has 2 amide bonds. The summed E-state index contributed by atoms with van der Waals surface area (Å²) in [4.78, 5) is 15.5. The number of anilines is 2. The standard InChI is InChI=1S/C16H16F4N4O2/c1-26-13-9-10(17)4-5-12(13)24-15(25)23-8-7-22-14-11(16(18,19)20)3-2-6-21-14/h2-6,9H,7-8H2,1H3,(H,21,22)(H2,23,24,25). The van der Waals surface area contributed by atoms with Gasteiger partial charge in [-0.25, -0.2) is 14.2 Å². The molecule has 140 valence electrons. The summed E-state index contributed by atoms with van der Waals surface area (Å²) >= 11 is 0. The molecule has 3 N–H and O–H groups in total. The van der Waals surface area contributed by atoms with Gasteiger partial charge in [-0.3, -0.25) is 0 Å². The maximum atomic E-state index is 13.1. The third kappa shape index (κ3) is 5.23. The molecule has 0 unspecified atom stereocenters. The highest BCUT2D eigenvalue weighted by atomic mass is 19.4. The molecule has 0 bridgehead atoms. The van der Waals surface area contributed by atoms with Crippen molar-refractivity contribution in [1.29, 1.82) is 0 Å². The Morgan fingerprint density at radius 1 is 1.23 bits per heavy atom. The summed E-state index contributed by atoms with van der Waals surface area (Å²) in [5.74, 6) is -0.697. The van der Waals surface area contributed by atoms with Crippen molar-refractivity contribution >= 4 is 17.5 Å². The van der Waals surface area contributed by atoms with Gasteiger partial charge in [0.05, 0.1) is 18.4 Å². The van der Waals surface area contributed by atoms with Gasteiger partial charge in [0.25, 0.3) is 0 Å². The molecule has 1 aromatic carbocycles. The van der Waals surface area contributed by atoms with Gasteiger partial charge in [-0.15, -0.1) is 0 Å². The highest BCUT2D eigenvalue weighted by molar-refractivity contribution is 5.90. The fourth-order valence-electron chi connectivity index (χ4n) is 2.07. The number of nitrogens with zero attached hydrogens (tertiary/aromatic N) is 1. The van der Waals surface area contributed by atoms with Crippen molar-refractivity contribution in [2.24, 2.45) is 0 Å². The Morgan fingerprint density at radius 3 is 2.69 bits per heavy atom. The van der Waals surface area contributed by atoms with Gasteiger partial charge in [0.1, 0.15) is 17.4 Å². The van der Waals surface area contributed by atoms with Crippen LogP contribution in [0.25, 0.3) is 0 Å². The summed E-state index contributed by atoms with van der Waals surface area (Å²) < 4.78 is 56.5. The molecule has 0 spiro atoms. The molecule has 6 nitrogen and oxygen atoms in total. The van der Waals surface area contributed by atoms with Gasteiger partial charge in [-0.05, 0) is 24.3 Å². The lowest BCUT2D eigenvalue weighted by Crippen LogP contribution is -2.33. The second kappa shape index (κ2) is 8.37. The average Bonchev–Trinajstić information content (AvgIpc) is 2.59. The smallest absolute Gasteiger partial charge is 0.419 e. The Kier molecular flexibility index (Phi) is 6.21. The van der Waals surface area contributed by atoms with Crippen molar-refractivity contribution in [3.63, 3.8) is 0 Å². The summed E-state index contributed by atoms with van der Waals surface area (Å²) in [6.07, 6.45) is -3.29. The number of halogens is 4. The van der Waals surface area contributed by atoms with E-state index in [-0.39, 0.29) is 30.3 Å². The summed E-state index contributed by atoms with van der Waals surface area (Å²) in [6.45, 7) is 0.0529. The summed E-state index contributed by atoms with van der Waals surface area (Å²) in [5.41, 5.74) is -0.635. The van der Waals surface area contributed by atoms with Gasteiger partial charge in [0, 0.05) is 25.4 Å². The number of nitrogens with one attached hydrogen (secondary N) is 3. The van der Waals surface area contributed by atoms with Crippen molar-refractivity contribution in [2.75, 3.05) is 30.8 Å². The van der Waals surface area contributed by atoms with Crippen LogP contribution in [0.15, 0.2) is 36.5 Å². The van der Waals surface area contributed by atoms with Crippen LogP contribution in [0.1, 0.15) is 5.56 Å². The number of alkyl halides is 3. The van der Waals surface area contributed by atoms with E-state index < -0.39 is 23.6 Å². The maximum absolute atomic E-state index is 13.1. The normalized spacial score (nSPS) is 11.0. The van der Waals surface area contributed by atoms with Crippen molar-refractivity contribution in [3.05, 3.63) is 47.9 Å². The lowest BCUT2D eigenvalue weighted by molar-refractivity contribution is -0.137. The Bertz CT molecular complexity index is 768. The average molecular weight is 372 g/mol. The molecule has 0 aliphatic rings. The molecule has 2 rings (SSSR count). The number of rotatable bonds is 6. The molecule has 0 aliphatic carbocycles. The lowest BCUT2D eigenvalue weighted by atomic mass is 10.2. The maximum Gasteiger partial charge on any atom is 0.419 e. The Labute approximate surface area is 146 Å². The van der Waals surface area contributed by atoms with Crippen molar-refractivity contribution in [1.82, 2.24) is 10.3 Å². The van der Waals surface area contributed by atoms with E-state index in [0.717, 1.165) is 18.2 Å². The Morgan fingerprint density at radius 2 is 2.00 bits per heavy atom. The first kappa shape index (κ1) is 19.3. The SMILES string of the molecule is COc1cc(F)ccc1NC(=O)NCCNc1ncccc1C(F)(F)F. The first-order valence-corrected chi connectivity index (χ1v) is 7.45. The van der Waals surface area contributed by atoms with E-state index in [9.17, 15) is 22.4 Å². The molecule has 0 radical (unpaired) electrons. The van der Waals surface area contributed by atoms with Gasteiger partial charge >= 0.3 is 12.2 Å². The van der Waals surface area contributed by atoms with Crippen LogP contribution >= 0.6 is 0 Å². The second-order valence-corrected chi connectivity index (χ2v) is 5.05. The van der Waals surface area contributed by atoms with E-state index in [1.54, 1.807) is 0 Å². The van der Waals surface area contributed by atoms with Crippen LogP contribution in [0.5, 0.6) is 5.75 Å². The van der Waals surface area contributed by atoms with E-state index in [2.05, 4.69) is 20.9 Å². The van der Waals surface area contributed by atoms with Gasteiger partial charge < -0.3 is 20.7 Å². The highest BCUT2D eigenvalue weighted by Crippen LogP contribution is 2.33. The Balaban J connectivity index is 1.85. The molecular weight excluding hydrogens is 356 g/mol. The fourth-order valence-corrected chi connectivity index (χ4v) is 2.07. The zero-order valence-electron chi connectivity index (χ0n) is 13.7. The van der Waals surface area contributed by atoms with Crippen LogP contribution in [-0.4, -0.2) is 31.2 Å². The van der Waals surface area contributed by atoms with E-state index in [0.29, 0.717) is 0 Å². The molecule has 26 heavy (non-hydrogen) atoms. The van der Waals surface area contributed by atoms with Crippen LogP contribution in [0.3, 0.4) is 0 Å². The molecule has 0 saturated carbocycles. The van der Waals surface area contributed by atoms with Crippen molar-refractivity contribution in [3.8, 4) is 5.75 Å². The molecule has 1 aromatic heterocycles. The number of aromatic nitrogens is 1. The van der Waals surface area contributed by atoms with Crippen LogP contribution in [0, 0.1) is 5.82 Å². The first-order chi connectivity index (χ1) is 12.3. The minimum Gasteiger partial charge on any atom is -0.494 e. The number of carbonyl (C=O) groups excluding carboxylic acids is 1. The van der Waals surface area contributed by atoms with Crippen LogP contribution in [0.4, 0.5) is 33.9 Å². The quantitative estimate of drug-likeness (QED) is 0.536. The van der Waals surface area contributed by atoms with Gasteiger partial charge in [0.15, 0.2) is 0 Å². The lowest BCUT2D eigenvalue weighted by Gasteiger charge is -2.14. The van der Waals surface area contributed by atoms with E-state index >= 15 is 0 Å². The Hall–Kier alpha value is -3.04. The molecule has 1 heterocycles. The largest absolute Gasteiger partial charge is 0.494 e. The number of ether oxygens (including phenoxy) is 1. The van der Waals surface area contributed by atoms with Crippen LogP contribution in [-0.2, 0) is 6.18 Å². The number of amides is 2. The van der Waals surface area contributed by atoms with E-state index in [4.69, 9.17) is 4.74 Å². The molecular formula is C16H16F4N4O2. The molecule has 0 saturated heterocycles. The van der Waals surface area contributed by atoms with Gasteiger partial charge in [0.2, 0.25) is 0 Å². The predicted octanol–water partition coefficient (Wildman–Crippen LogP) is 3.48. The third-order valence-corrected chi connectivity index (χ3v) is 3.23. The number of pyridine rings is 1. The predicted molar refractivity (Wildman–Crippen MR) is 87.7 cm³/mol. The minimum atomic E-state index is -4.53. The number of methoxy groups -OCH3 is 1. The monoisotopic (exact) mass is 372 g/mol. The topological polar surface area (TPSA) is 75.3 Å². The molecule has 10 heteroatoms. The number of hydrogen-bond donors (Lipinski definition) is 3. The van der Waals surface area contributed by atoms with E-state index in [1.807, 2.05) is 0 Å². The molecule has 0 fully saturated rings. The summed E-state index contributed by atoms with van der Waals surface area (Å²) in [5, 5.41) is 7.43. The zero-order valence-corrected chi connectivity index (χ0v) is 13.7. The van der Waals surface area contributed by atoms with Crippen LogP contribution in [0.2, 0.25) is 0 Å². The van der Waals surface area contributed by atoms with Gasteiger partial charge in [-0.1, -0.05) is 0 Å². The van der Waals surface area contributed by atoms with Crippen molar-refractivity contribution < 1.29 is 27.1 Å². The minimum absolute atomic E-state index is 0.0219. The van der Waals surface area contributed by atoms with E-state index in [1.165, 1.54) is 25.4 Å². The second-order valence-electron chi connectivity index (χ2n) is 5.05. The fraction of sp³-hybridized carbons (Fsp3) is 0.250. The first-order valence-electron chi connectivity index (χ1n) is 7.45. The number of benzene rings is 1. The third-order valence-electron chi connectivity index (χ3n) is 3.23. The molecule has 0 aliphatic heterocycles. The summed E-state index contributed by atoms with van der Waals surface area (Å²) in [7, 11) is 1.33. The molecule has 2 aromatic rings. The highest BCUT2D eigenvalue weighted by Gasteiger charge is 2.33. The zero-order chi connectivity index (χ0) is 19.2. The van der Waals surface area contributed by atoms with Crippen molar-refractivity contribution in [2.45, 2.75) is 6.18 Å². The number of hydrogen-bond acceptors (Lipinski definition) is 4. The van der Waals surface area contributed by atoms with Gasteiger partial charge in [-0.2, -0.15) is 13.2 Å². The molecule has 0 atom stereocenters. The summed E-state index contributed by atoms with van der Waals surface area (Å²) in [6, 6.07) is 5.08. The number of carbonyl (C=O) groups is 1. The number of urea groups is 1.